The van der Waals surface area contributed by atoms with Crippen molar-refractivity contribution in [3.8, 4) is 0 Å². The van der Waals surface area contributed by atoms with Gasteiger partial charge >= 0.3 is 0 Å². The van der Waals surface area contributed by atoms with Crippen molar-refractivity contribution in [3.63, 3.8) is 0 Å². The highest BCUT2D eigenvalue weighted by atomic mass is 16.5. The van der Waals surface area contributed by atoms with Crippen molar-refractivity contribution in [3.05, 3.63) is 53.3 Å². The third kappa shape index (κ3) is 3.99. The number of carbonyl (C=O) groups excluding carboxylic acids is 1. The predicted octanol–water partition coefficient (Wildman–Crippen LogP) is 3.60. The average Bonchev–Trinajstić information content (AvgIpc) is 2.64. The second-order valence-corrected chi connectivity index (χ2v) is 6.65. The maximum atomic E-state index is 12.8. The number of morpholine rings is 1. The molecule has 5 nitrogen and oxygen atoms in total. The van der Waals surface area contributed by atoms with Crippen molar-refractivity contribution in [2.75, 3.05) is 36.5 Å². The number of ether oxygens (including phenoxy) is 1. The van der Waals surface area contributed by atoms with E-state index in [0.29, 0.717) is 24.8 Å². The minimum absolute atomic E-state index is 0.175. The SMILES string of the molecule is Cc1cccc(C(C)C)c1NC(=O)c1cc(N2CCOCC2)ccn1. The summed E-state index contributed by atoms with van der Waals surface area (Å²) >= 11 is 0. The second-order valence-electron chi connectivity index (χ2n) is 6.65. The lowest BCUT2D eigenvalue weighted by Gasteiger charge is -2.28. The summed E-state index contributed by atoms with van der Waals surface area (Å²) in [6, 6.07) is 9.89. The number of nitrogens with zero attached hydrogens (tertiary/aromatic N) is 2. The van der Waals surface area contributed by atoms with Crippen LogP contribution in [0.3, 0.4) is 0 Å². The van der Waals surface area contributed by atoms with Gasteiger partial charge in [0.1, 0.15) is 5.69 Å². The molecule has 1 aromatic carbocycles. The molecule has 0 saturated carbocycles. The molecule has 132 valence electrons. The quantitative estimate of drug-likeness (QED) is 0.925. The van der Waals surface area contributed by atoms with Crippen LogP contribution in [0.4, 0.5) is 11.4 Å². The Morgan fingerprint density at radius 3 is 2.72 bits per heavy atom. The molecular weight excluding hydrogens is 314 g/mol. The van der Waals surface area contributed by atoms with E-state index in [-0.39, 0.29) is 5.91 Å². The van der Waals surface area contributed by atoms with Crippen LogP contribution in [0.15, 0.2) is 36.5 Å². The molecule has 0 unspecified atom stereocenters. The highest BCUT2D eigenvalue weighted by molar-refractivity contribution is 6.04. The van der Waals surface area contributed by atoms with E-state index in [1.165, 1.54) is 0 Å². The Morgan fingerprint density at radius 2 is 2.00 bits per heavy atom. The third-order valence-electron chi connectivity index (χ3n) is 4.52. The van der Waals surface area contributed by atoms with Gasteiger partial charge in [-0.3, -0.25) is 9.78 Å². The van der Waals surface area contributed by atoms with E-state index in [4.69, 9.17) is 4.74 Å². The monoisotopic (exact) mass is 339 g/mol. The van der Waals surface area contributed by atoms with Gasteiger partial charge in [0.15, 0.2) is 0 Å². The zero-order valence-electron chi connectivity index (χ0n) is 15.1. The topological polar surface area (TPSA) is 54.5 Å². The van der Waals surface area contributed by atoms with Crippen LogP contribution in [0.5, 0.6) is 0 Å². The molecule has 0 atom stereocenters. The molecule has 1 fully saturated rings. The van der Waals surface area contributed by atoms with Crippen molar-refractivity contribution < 1.29 is 9.53 Å². The fourth-order valence-electron chi connectivity index (χ4n) is 3.08. The van der Waals surface area contributed by atoms with Crippen molar-refractivity contribution in [2.45, 2.75) is 26.7 Å². The molecule has 0 spiro atoms. The smallest absolute Gasteiger partial charge is 0.274 e. The van der Waals surface area contributed by atoms with Crippen LogP contribution in [-0.4, -0.2) is 37.2 Å². The van der Waals surface area contributed by atoms with Gasteiger partial charge in [-0.1, -0.05) is 32.0 Å². The number of benzene rings is 1. The number of nitrogens with one attached hydrogen (secondary N) is 1. The molecular formula is C20H25N3O2. The van der Waals surface area contributed by atoms with Crippen molar-refractivity contribution in [2.24, 2.45) is 0 Å². The van der Waals surface area contributed by atoms with Gasteiger partial charge in [0.25, 0.3) is 5.91 Å². The number of pyridine rings is 1. The van der Waals surface area contributed by atoms with E-state index in [9.17, 15) is 4.79 Å². The average molecular weight is 339 g/mol. The van der Waals surface area contributed by atoms with Gasteiger partial charge in [0.05, 0.1) is 13.2 Å². The van der Waals surface area contributed by atoms with Crippen LogP contribution in [0.1, 0.15) is 41.4 Å². The number of carbonyl (C=O) groups is 1. The molecule has 0 radical (unpaired) electrons. The Hall–Kier alpha value is -2.40. The van der Waals surface area contributed by atoms with Gasteiger partial charge in [0.2, 0.25) is 0 Å². The molecule has 1 N–H and O–H groups in total. The molecule has 1 saturated heterocycles. The highest BCUT2D eigenvalue weighted by Crippen LogP contribution is 2.28. The highest BCUT2D eigenvalue weighted by Gasteiger charge is 2.17. The van der Waals surface area contributed by atoms with Gasteiger partial charge in [-0.2, -0.15) is 0 Å². The van der Waals surface area contributed by atoms with Crippen LogP contribution in [0.25, 0.3) is 0 Å². The lowest BCUT2D eigenvalue weighted by Crippen LogP contribution is -2.36. The normalized spacial score (nSPS) is 14.6. The number of amides is 1. The number of hydrogen-bond donors (Lipinski definition) is 1. The standard InChI is InChI=1S/C20H25N3O2/c1-14(2)17-6-4-5-15(3)19(17)22-20(24)18-13-16(7-8-21-18)23-9-11-25-12-10-23/h4-8,13-14H,9-12H2,1-3H3,(H,22,24). The fourth-order valence-corrected chi connectivity index (χ4v) is 3.08. The molecule has 0 aliphatic carbocycles. The Balaban J connectivity index is 1.82. The van der Waals surface area contributed by atoms with Gasteiger partial charge in [-0.15, -0.1) is 0 Å². The van der Waals surface area contributed by atoms with Gasteiger partial charge in [-0.05, 0) is 36.1 Å². The molecule has 1 aliphatic rings. The van der Waals surface area contributed by atoms with Crippen LogP contribution >= 0.6 is 0 Å². The van der Waals surface area contributed by atoms with E-state index < -0.39 is 0 Å². The number of anilines is 2. The number of para-hydroxylation sites is 1. The summed E-state index contributed by atoms with van der Waals surface area (Å²) in [6.07, 6.45) is 1.70. The summed E-state index contributed by atoms with van der Waals surface area (Å²) < 4.78 is 5.39. The lowest BCUT2D eigenvalue weighted by molar-refractivity contribution is 0.102. The molecule has 2 heterocycles. The summed E-state index contributed by atoms with van der Waals surface area (Å²) in [4.78, 5) is 19.2. The van der Waals surface area contributed by atoms with Crippen molar-refractivity contribution in [1.29, 1.82) is 0 Å². The summed E-state index contributed by atoms with van der Waals surface area (Å²) in [5, 5.41) is 3.06. The summed E-state index contributed by atoms with van der Waals surface area (Å²) in [5.74, 6) is 0.161. The van der Waals surface area contributed by atoms with E-state index in [1.807, 2.05) is 31.2 Å². The Morgan fingerprint density at radius 1 is 1.24 bits per heavy atom. The minimum Gasteiger partial charge on any atom is -0.378 e. The van der Waals surface area contributed by atoms with E-state index in [1.54, 1.807) is 6.20 Å². The molecule has 3 rings (SSSR count). The maximum absolute atomic E-state index is 12.8. The van der Waals surface area contributed by atoms with Gasteiger partial charge < -0.3 is 15.0 Å². The van der Waals surface area contributed by atoms with Crippen LogP contribution < -0.4 is 10.2 Å². The second kappa shape index (κ2) is 7.66. The lowest BCUT2D eigenvalue weighted by atomic mass is 9.98. The van der Waals surface area contributed by atoms with Gasteiger partial charge in [0, 0.05) is 30.7 Å². The van der Waals surface area contributed by atoms with Crippen molar-refractivity contribution in [1.82, 2.24) is 4.98 Å². The summed E-state index contributed by atoms with van der Waals surface area (Å²) in [7, 11) is 0. The number of hydrogen-bond acceptors (Lipinski definition) is 4. The van der Waals surface area contributed by atoms with Crippen LogP contribution in [0.2, 0.25) is 0 Å². The summed E-state index contributed by atoms with van der Waals surface area (Å²) in [6.45, 7) is 9.36. The zero-order chi connectivity index (χ0) is 17.8. The minimum atomic E-state index is -0.175. The molecule has 0 bridgehead atoms. The van der Waals surface area contributed by atoms with Crippen molar-refractivity contribution >= 4 is 17.3 Å². The summed E-state index contributed by atoms with van der Waals surface area (Å²) in [5.41, 5.74) is 4.53. The molecule has 1 aliphatic heterocycles. The first-order valence-electron chi connectivity index (χ1n) is 8.76. The predicted molar refractivity (Wildman–Crippen MR) is 100 cm³/mol. The van der Waals surface area contributed by atoms with Crippen LogP contribution in [-0.2, 0) is 4.74 Å². The van der Waals surface area contributed by atoms with Gasteiger partial charge in [-0.25, -0.2) is 0 Å². The Bertz CT molecular complexity index is 752. The molecule has 1 aromatic heterocycles. The number of rotatable bonds is 4. The zero-order valence-corrected chi connectivity index (χ0v) is 15.1. The largest absolute Gasteiger partial charge is 0.378 e. The first-order valence-corrected chi connectivity index (χ1v) is 8.76. The first kappa shape index (κ1) is 17.4. The van der Waals surface area contributed by atoms with Crippen LogP contribution in [0, 0.1) is 6.92 Å². The van der Waals surface area contributed by atoms with E-state index in [2.05, 4.69) is 35.1 Å². The molecule has 1 amide bonds. The Kier molecular flexibility index (Phi) is 5.34. The Labute approximate surface area is 149 Å². The molecule has 25 heavy (non-hydrogen) atoms. The van der Waals surface area contributed by atoms with E-state index in [0.717, 1.165) is 35.6 Å². The first-order chi connectivity index (χ1) is 12.1. The maximum Gasteiger partial charge on any atom is 0.274 e. The molecule has 2 aromatic rings. The number of aryl methyl sites for hydroxylation is 1. The fraction of sp³-hybridized carbons (Fsp3) is 0.400. The number of aromatic nitrogens is 1. The molecule has 5 heteroatoms. The third-order valence-corrected chi connectivity index (χ3v) is 4.52. The van der Waals surface area contributed by atoms with E-state index >= 15 is 0 Å².